The fraction of sp³-hybridized carbons (Fsp3) is 0.929. The maximum absolute atomic E-state index is 10.3. The Hall–Kier alpha value is 0.0400. The Bertz CT molecular complexity index is 343. The first-order valence-corrected chi connectivity index (χ1v) is 8.98. The Morgan fingerprint density at radius 3 is 2.36 bits per heavy atom. The number of thiocarbonyl (C=S) groups is 1. The van der Waals surface area contributed by atoms with Crippen molar-refractivity contribution in [1.29, 1.82) is 0 Å². The summed E-state index contributed by atoms with van der Waals surface area (Å²) >= 11 is 6.70. The highest BCUT2D eigenvalue weighted by molar-refractivity contribution is 8.23. The second-order valence-corrected chi connectivity index (χ2v) is 6.83. The van der Waals surface area contributed by atoms with E-state index in [0.717, 1.165) is 19.5 Å². The van der Waals surface area contributed by atoms with Gasteiger partial charge in [-0.3, -0.25) is 0 Å². The zero-order valence-corrected chi connectivity index (χ0v) is 15.0. The van der Waals surface area contributed by atoms with Gasteiger partial charge in [-0.1, -0.05) is 30.9 Å². The molecule has 1 fully saturated rings. The van der Waals surface area contributed by atoms with Gasteiger partial charge in [-0.25, -0.2) is 0 Å². The Labute approximate surface area is 141 Å². The number of thioether (sulfide) groups is 1. The van der Waals surface area contributed by atoms with Crippen LogP contribution in [0.25, 0.3) is 0 Å². The van der Waals surface area contributed by atoms with E-state index in [1.54, 1.807) is 0 Å². The van der Waals surface area contributed by atoms with Crippen molar-refractivity contribution in [1.82, 2.24) is 4.90 Å². The Kier molecular flexibility index (Phi) is 9.15. The van der Waals surface area contributed by atoms with Crippen LogP contribution < -0.4 is 0 Å². The lowest BCUT2D eigenvalue weighted by atomic mass is 10.0. The summed E-state index contributed by atoms with van der Waals surface area (Å²) in [5.74, 6) is 0. The fourth-order valence-corrected chi connectivity index (χ4v) is 3.96. The molecule has 3 N–H and O–H groups in total. The van der Waals surface area contributed by atoms with Crippen LogP contribution in [0.1, 0.15) is 27.2 Å². The molecule has 1 saturated heterocycles. The average molecular weight is 354 g/mol. The van der Waals surface area contributed by atoms with Gasteiger partial charge in [-0.05, 0) is 20.3 Å². The van der Waals surface area contributed by atoms with Crippen molar-refractivity contribution in [3.05, 3.63) is 0 Å². The van der Waals surface area contributed by atoms with Gasteiger partial charge in [-0.15, -0.1) is 0 Å². The van der Waals surface area contributed by atoms with Gasteiger partial charge in [0.15, 0.2) is 0 Å². The first-order chi connectivity index (χ1) is 10.5. The second kappa shape index (κ2) is 10.0. The van der Waals surface area contributed by atoms with Gasteiger partial charge >= 0.3 is 0 Å². The molecule has 0 radical (unpaired) electrons. The van der Waals surface area contributed by atoms with Crippen molar-refractivity contribution in [3.8, 4) is 0 Å². The summed E-state index contributed by atoms with van der Waals surface area (Å²) < 4.78 is 12.0. The standard InChI is InChI=1S/C14H27NO5S2/c1-4-7-19-12-11(18)10(17)9(8-16)20-13(12)22-14(21)15(5-2)6-3/h9-13,16-18H,4-8H2,1-3H3/t9-,10-,11+,12-,13?/m1/s1. The monoisotopic (exact) mass is 353 g/mol. The minimum atomic E-state index is -1.18. The van der Waals surface area contributed by atoms with Crippen molar-refractivity contribution >= 4 is 28.3 Å². The number of hydrogen-bond donors (Lipinski definition) is 3. The summed E-state index contributed by atoms with van der Waals surface area (Å²) in [5.41, 5.74) is -0.560. The van der Waals surface area contributed by atoms with E-state index in [4.69, 9.17) is 21.7 Å². The molecule has 0 spiro atoms. The van der Waals surface area contributed by atoms with Crippen LogP contribution >= 0.6 is 24.0 Å². The summed E-state index contributed by atoms with van der Waals surface area (Å²) in [6.07, 6.45) is -3.02. The number of aliphatic hydroxyl groups excluding tert-OH is 3. The highest BCUT2D eigenvalue weighted by Crippen LogP contribution is 2.32. The smallest absolute Gasteiger partial charge is 0.139 e. The van der Waals surface area contributed by atoms with E-state index < -0.39 is 29.9 Å². The molecule has 1 aliphatic rings. The molecule has 22 heavy (non-hydrogen) atoms. The molecule has 5 atom stereocenters. The predicted octanol–water partition coefficient (Wildman–Crippen LogP) is 0.580. The summed E-state index contributed by atoms with van der Waals surface area (Å²) in [7, 11) is 0. The molecule has 0 aliphatic carbocycles. The molecular weight excluding hydrogens is 326 g/mol. The third-order valence-electron chi connectivity index (χ3n) is 3.58. The van der Waals surface area contributed by atoms with E-state index in [-0.39, 0.29) is 6.61 Å². The van der Waals surface area contributed by atoms with Crippen LogP contribution in [0.4, 0.5) is 0 Å². The van der Waals surface area contributed by atoms with Crippen LogP contribution in [0, 0.1) is 0 Å². The lowest BCUT2D eigenvalue weighted by Crippen LogP contribution is -2.58. The molecule has 1 aliphatic heterocycles. The number of ether oxygens (including phenoxy) is 2. The van der Waals surface area contributed by atoms with Gasteiger partial charge < -0.3 is 29.7 Å². The molecule has 1 rings (SSSR count). The molecule has 0 aromatic rings. The van der Waals surface area contributed by atoms with Crippen LogP contribution in [0.3, 0.4) is 0 Å². The van der Waals surface area contributed by atoms with Crippen LogP contribution in [-0.4, -0.2) is 80.7 Å². The minimum absolute atomic E-state index is 0.367. The van der Waals surface area contributed by atoms with Gasteiger partial charge in [0.05, 0.1) is 6.61 Å². The van der Waals surface area contributed by atoms with Crippen molar-refractivity contribution < 1.29 is 24.8 Å². The van der Waals surface area contributed by atoms with Crippen LogP contribution in [-0.2, 0) is 9.47 Å². The largest absolute Gasteiger partial charge is 0.394 e. The van der Waals surface area contributed by atoms with Crippen molar-refractivity contribution in [2.75, 3.05) is 26.3 Å². The third kappa shape index (κ3) is 5.02. The van der Waals surface area contributed by atoms with E-state index >= 15 is 0 Å². The molecule has 0 aromatic carbocycles. The van der Waals surface area contributed by atoms with Crippen LogP contribution in [0.2, 0.25) is 0 Å². The van der Waals surface area contributed by atoms with Crippen molar-refractivity contribution in [2.24, 2.45) is 0 Å². The van der Waals surface area contributed by atoms with Gasteiger partial charge in [0.25, 0.3) is 0 Å². The van der Waals surface area contributed by atoms with Gasteiger partial charge in [0, 0.05) is 19.7 Å². The molecular formula is C14H27NO5S2. The molecule has 0 amide bonds. The number of hydrogen-bond acceptors (Lipinski definition) is 7. The first-order valence-electron chi connectivity index (χ1n) is 7.69. The normalized spacial score (nSPS) is 32.0. The molecule has 8 heteroatoms. The quantitative estimate of drug-likeness (QED) is 0.574. The van der Waals surface area contributed by atoms with E-state index in [1.165, 1.54) is 11.8 Å². The Balaban J connectivity index is 2.82. The maximum Gasteiger partial charge on any atom is 0.139 e. The van der Waals surface area contributed by atoms with Gasteiger partial charge in [0.2, 0.25) is 0 Å². The number of aliphatic hydroxyl groups is 3. The minimum Gasteiger partial charge on any atom is -0.394 e. The fourth-order valence-electron chi connectivity index (χ4n) is 2.24. The van der Waals surface area contributed by atoms with E-state index in [1.807, 2.05) is 25.7 Å². The summed E-state index contributed by atoms with van der Waals surface area (Å²) in [5, 5.41) is 29.6. The topological polar surface area (TPSA) is 82.4 Å². The summed E-state index contributed by atoms with van der Waals surface area (Å²) in [6.45, 7) is 7.64. The molecule has 0 aromatic heterocycles. The molecule has 1 unspecified atom stereocenters. The Morgan fingerprint density at radius 2 is 1.86 bits per heavy atom. The molecule has 0 bridgehead atoms. The molecule has 6 nitrogen and oxygen atoms in total. The number of nitrogens with zero attached hydrogens (tertiary/aromatic N) is 1. The SMILES string of the molecule is CCCO[C@H]1C(SC(=S)N(CC)CC)O[C@H](CO)[C@@H](O)[C@@H]1O. The summed E-state index contributed by atoms with van der Waals surface area (Å²) in [4.78, 5) is 2.01. The van der Waals surface area contributed by atoms with Gasteiger partial charge in [0.1, 0.15) is 34.2 Å². The van der Waals surface area contributed by atoms with Crippen LogP contribution in [0.5, 0.6) is 0 Å². The average Bonchev–Trinajstić information content (AvgIpc) is 2.51. The highest BCUT2D eigenvalue weighted by Gasteiger charge is 2.45. The second-order valence-electron chi connectivity index (χ2n) is 5.10. The van der Waals surface area contributed by atoms with Crippen LogP contribution in [0.15, 0.2) is 0 Å². The predicted molar refractivity (Wildman–Crippen MR) is 90.9 cm³/mol. The molecule has 0 saturated carbocycles. The van der Waals surface area contributed by atoms with Crippen molar-refractivity contribution in [2.45, 2.75) is 57.0 Å². The molecule has 1 heterocycles. The lowest BCUT2D eigenvalue weighted by molar-refractivity contribution is -0.218. The Morgan fingerprint density at radius 1 is 1.23 bits per heavy atom. The van der Waals surface area contributed by atoms with E-state index in [2.05, 4.69) is 0 Å². The maximum atomic E-state index is 10.3. The van der Waals surface area contributed by atoms with E-state index in [0.29, 0.717) is 10.9 Å². The first kappa shape index (κ1) is 20.1. The van der Waals surface area contributed by atoms with E-state index in [9.17, 15) is 15.3 Å². The lowest BCUT2D eigenvalue weighted by Gasteiger charge is -2.42. The highest BCUT2D eigenvalue weighted by atomic mass is 32.2. The number of rotatable bonds is 7. The molecule has 130 valence electrons. The third-order valence-corrected chi connectivity index (χ3v) is 5.20. The zero-order chi connectivity index (χ0) is 16.7. The summed E-state index contributed by atoms with van der Waals surface area (Å²) in [6, 6.07) is 0. The van der Waals surface area contributed by atoms with Gasteiger partial charge in [-0.2, -0.15) is 0 Å². The van der Waals surface area contributed by atoms with Crippen molar-refractivity contribution in [3.63, 3.8) is 0 Å². The zero-order valence-electron chi connectivity index (χ0n) is 13.3.